The van der Waals surface area contributed by atoms with Crippen LogP contribution in [0, 0.1) is 6.92 Å². The van der Waals surface area contributed by atoms with Crippen LogP contribution < -0.4 is 10.5 Å². The molecule has 0 aliphatic carbocycles. The molecule has 0 aliphatic heterocycles. The Hall–Kier alpha value is -1.81. The van der Waals surface area contributed by atoms with E-state index < -0.39 is 0 Å². The molecule has 0 atom stereocenters. The maximum absolute atomic E-state index is 5.58. The number of pyridine rings is 1. The summed E-state index contributed by atoms with van der Waals surface area (Å²) in [5.41, 5.74) is 7.33. The molecule has 0 saturated heterocycles. The second-order valence-electron chi connectivity index (χ2n) is 3.50. The van der Waals surface area contributed by atoms with Gasteiger partial charge in [-0.1, -0.05) is 0 Å². The summed E-state index contributed by atoms with van der Waals surface area (Å²) in [7, 11) is 0. The van der Waals surface area contributed by atoms with Gasteiger partial charge in [0.1, 0.15) is 18.1 Å². The third kappa shape index (κ3) is 2.41. The molecule has 0 radical (unpaired) electrons. The zero-order valence-corrected chi connectivity index (χ0v) is 9.14. The van der Waals surface area contributed by atoms with Gasteiger partial charge in [0.15, 0.2) is 0 Å². The van der Waals surface area contributed by atoms with Crippen LogP contribution in [0.3, 0.4) is 0 Å². The van der Waals surface area contributed by atoms with Crippen molar-refractivity contribution in [1.82, 2.24) is 4.98 Å². The van der Waals surface area contributed by atoms with Gasteiger partial charge < -0.3 is 14.9 Å². The summed E-state index contributed by atoms with van der Waals surface area (Å²) in [6.07, 6.45) is 3.39. The summed E-state index contributed by atoms with van der Waals surface area (Å²) >= 11 is 0. The van der Waals surface area contributed by atoms with Crippen LogP contribution in [0.4, 0.5) is 0 Å². The molecule has 4 heteroatoms. The van der Waals surface area contributed by atoms with Gasteiger partial charge in [-0.25, -0.2) is 0 Å². The van der Waals surface area contributed by atoms with Crippen LogP contribution in [-0.4, -0.2) is 4.98 Å². The van der Waals surface area contributed by atoms with Crippen LogP contribution in [0.25, 0.3) is 0 Å². The smallest absolute Gasteiger partial charge is 0.146 e. The van der Waals surface area contributed by atoms with Crippen LogP contribution in [0.5, 0.6) is 5.75 Å². The molecule has 0 aromatic carbocycles. The molecule has 2 N–H and O–H groups in total. The minimum absolute atomic E-state index is 0.395. The minimum Gasteiger partial charge on any atom is -0.484 e. The standard InChI is InChI=1S/C12H14N2O2/c1-9-12(3-2-4-14-9)16-8-11-5-10(6-13)7-15-11/h2-5,7H,6,8,13H2,1H3. The zero-order chi connectivity index (χ0) is 11.4. The molecule has 84 valence electrons. The summed E-state index contributed by atoms with van der Waals surface area (Å²) in [4.78, 5) is 4.14. The minimum atomic E-state index is 0.395. The van der Waals surface area contributed by atoms with Gasteiger partial charge >= 0.3 is 0 Å². The molecule has 0 fully saturated rings. The Morgan fingerprint density at radius 2 is 2.38 bits per heavy atom. The van der Waals surface area contributed by atoms with Crippen LogP contribution in [0.2, 0.25) is 0 Å². The first kappa shape index (κ1) is 10.7. The molecule has 0 spiro atoms. The van der Waals surface area contributed by atoms with Crippen molar-refractivity contribution in [1.29, 1.82) is 0 Å². The summed E-state index contributed by atoms with van der Waals surface area (Å²) < 4.78 is 10.9. The number of rotatable bonds is 4. The van der Waals surface area contributed by atoms with E-state index >= 15 is 0 Å². The topological polar surface area (TPSA) is 61.3 Å². The summed E-state index contributed by atoms with van der Waals surface area (Å²) in [5, 5.41) is 0. The molecular weight excluding hydrogens is 204 g/mol. The molecule has 16 heavy (non-hydrogen) atoms. The van der Waals surface area contributed by atoms with Crippen molar-refractivity contribution in [3.63, 3.8) is 0 Å². The fraction of sp³-hybridized carbons (Fsp3) is 0.250. The molecule has 2 heterocycles. The highest BCUT2D eigenvalue weighted by atomic mass is 16.5. The van der Waals surface area contributed by atoms with Crippen LogP contribution in [0.15, 0.2) is 35.1 Å². The normalized spacial score (nSPS) is 10.4. The van der Waals surface area contributed by atoms with Crippen LogP contribution >= 0.6 is 0 Å². The number of furan rings is 1. The lowest BCUT2D eigenvalue weighted by atomic mass is 10.3. The third-order valence-corrected chi connectivity index (χ3v) is 2.27. The highest BCUT2D eigenvalue weighted by Crippen LogP contribution is 2.16. The first-order chi connectivity index (χ1) is 7.79. The van der Waals surface area contributed by atoms with Gasteiger partial charge in [0.2, 0.25) is 0 Å². The molecule has 0 bridgehead atoms. The maximum Gasteiger partial charge on any atom is 0.146 e. The van der Waals surface area contributed by atoms with Crippen molar-refractivity contribution >= 4 is 0 Å². The van der Waals surface area contributed by atoms with E-state index in [2.05, 4.69) is 4.98 Å². The summed E-state index contributed by atoms with van der Waals surface area (Å²) in [6, 6.07) is 5.62. The number of ether oxygens (including phenoxy) is 1. The monoisotopic (exact) mass is 218 g/mol. The zero-order valence-electron chi connectivity index (χ0n) is 9.14. The highest BCUT2D eigenvalue weighted by molar-refractivity contribution is 5.25. The van der Waals surface area contributed by atoms with E-state index in [9.17, 15) is 0 Å². The van der Waals surface area contributed by atoms with Gasteiger partial charge in [0.25, 0.3) is 0 Å². The van der Waals surface area contributed by atoms with Gasteiger partial charge in [-0.3, -0.25) is 4.98 Å². The molecule has 0 aliphatic rings. The predicted octanol–water partition coefficient (Wildman–Crippen LogP) is 2.02. The molecule has 4 nitrogen and oxygen atoms in total. The number of nitrogens with two attached hydrogens (primary N) is 1. The predicted molar refractivity (Wildman–Crippen MR) is 59.9 cm³/mol. The Morgan fingerprint density at radius 3 is 3.06 bits per heavy atom. The van der Waals surface area contributed by atoms with E-state index in [1.807, 2.05) is 25.1 Å². The first-order valence-electron chi connectivity index (χ1n) is 5.10. The van der Waals surface area contributed by atoms with Crippen molar-refractivity contribution in [3.05, 3.63) is 47.7 Å². The summed E-state index contributed by atoms with van der Waals surface area (Å²) in [6.45, 7) is 2.78. The number of aromatic nitrogens is 1. The molecular formula is C12H14N2O2. The molecule has 0 unspecified atom stereocenters. The van der Waals surface area contributed by atoms with Gasteiger partial charge in [0, 0.05) is 18.3 Å². The Kier molecular flexibility index (Phi) is 3.22. The van der Waals surface area contributed by atoms with Crippen LogP contribution in [0.1, 0.15) is 17.0 Å². The van der Waals surface area contributed by atoms with Crippen LogP contribution in [-0.2, 0) is 13.2 Å². The number of nitrogens with zero attached hydrogens (tertiary/aromatic N) is 1. The average Bonchev–Trinajstić information content (AvgIpc) is 2.76. The lowest BCUT2D eigenvalue weighted by molar-refractivity contribution is 0.267. The van der Waals surface area contributed by atoms with Gasteiger partial charge in [-0.15, -0.1) is 0 Å². The number of hydrogen-bond acceptors (Lipinski definition) is 4. The molecule has 2 rings (SSSR count). The van der Waals surface area contributed by atoms with Crippen molar-refractivity contribution in [3.8, 4) is 5.75 Å². The number of hydrogen-bond donors (Lipinski definition) is 1. The van der Waals surface area contributed by atoms with Crippen molar-refractivity contribution in [2.45, 2.75) is 20.1 Å². The highest BCUT2D eigenvalue weighted by Gasteiger charge is 2.03. The van der Waals surface area contributed by atoms with Crippen molar-refractivity contribution in [2.75, 3.05) is 0 Å². The van der Waals surface area contributed by atoms with Gasteiger partial charge in [-0.05, 0) is 25.1 Å². The maximum atomic E-state index is 5.58. The van der Waals surface area contributed by atoms with E-state index in [0.717, 1.165) is 22.8 Å². The fourth-order valence-electron chi connectivity index (χ4n) is 1.38. The van der Waals surface area contributed by atoms with E-state index in [4.69, 9.17) is 14.9 Å². The Balaban J connectivity index is 1.99. The van der Waals surface area contributed by atoms with E-state index in [1.54, 1.807) is 12.5 Å². The molecule has 2 aromatic heterocycles. The lowest BCUT2D eigenvalue weighted by Gasteiger charge is -2.05. The Labute approximate surface area is 94.1 Å². The second-order valence-corrected chi connectivity index (χ2v) is 3.50. The van der Waals surface area contributed by atoms with Gasteiger partial charge in [-0.2, -0.15) is 0 Å². The van der Waals surface area contributed by atoms with Gasteiger partial charge in [0.05, 0.1) is 12.0 Å². The Bertz CT molecular complexity index is 466. The molecule has 0 amide bonds. The average molecular weight is 218 g/mol. The third-order valence-electron chi connectivity index (χ3n) is 2.27. The van der Waals surface area contributed by atoms with E-state index in [1.165, 1.54) is 0 Å². The van der Waals surface area contributed by atoms with E-state index in [-0.39, 0.29) is 0 Å². The quantitative estimate of drug-likeness (QED) is 0.852. The largest absolute Gasteiger partial charge is 0.484 e. The van der Waals surface area contributed by atoms with Crippen molar-refractivity contribution < 1.29 is 9.15 Å². The first-order valence-corrected chi connectivity index (χ1v) is 5.10. The lowest BCUT2D eigenvalue weighted by Crippen LogP contribution is -1.97. The SMILES string of the molecule is Cc1ncccc1OCc1cc(CN)co1. The fourth-order valence-corrected chi connectivity index (χ4v) is 1.38. The summed E-state index contributed by atoms with van der Waals surface area (Å²) in [5.74, 6) is 1.54. The Morgan fingerprint density at radius 1 is 1.50 bits per heavy atom. The molecule has 2 aromatic rings. The molecule has 0 saturated carbocycles. The van der Waals surface area contributed by atoms with Crippen molar-refractivity contribution in [2.24, 2.45) is 5.73 Å². The second kappa shape index (κ2) is 4.81. The van der Waals surface area contributed by atoms with E-state index in [0.29, 0.717) is 13.2 Å². The number of aryl methyl sites for hydroxylation is 1.